The Morgan fingerprint density at radius 1 is 0.864 bits per heavy atom. The lowest BCUT2D eigenvalue weighted by atomic mass is 10.2. The van der Waals surface area contributed by atoms with Crippen LogP contribution in [0.1, 0.15) is 5.56 Å². The molecule has 118 valence electrons. The first-order valence-electron chi connectivity index (χ1n) is 5.74. The van der Waals surface area contributed by atoms with E-state index in [2.05, 4.69) is 0 Å². The Labute approximate surface area is 122 Å². The van der Waals surface area contributed by atoms with Crippen molar-refractivity contribution in [3.05, 3.63) is 59.7 Å². The van der Waals surface area contributed by atoms with E-state index in [1.807, 2.05) is 4.72 Å². The van der Waals surface area contributed by atoms with Crippen LogP contribution in [0, 0.1) is 11.6 Å². The molecular weight excluding hydrogens is 329 g/mol. The predicted molar refractivity (Wildman–Crippen MR) is 68.6 cm³/mol. The molecule has 0 aliphatic carbocycles. The van der Waals surface area contributed by atoms with Gasteiger partial charge in [0.1, 0.15) is 11.6 Å². The molecule has 0 atom stereocenters. The van der Waals surface area contributed by atoms with Gasteiger partial charge in [0.25, 0.3) is 10.0 Å². The number of hydrogen-bond acceptors (Lipinski definition) is 2. The van der Waals surface area contributed by atoms with E-state index in [0.717, 1.165) is 24.3 Å². The highest BCUT2D eigenvalue weighted by atomic mass is 32.2. The van der Waals surface area contributed by atoms with Gasteiger partial charge in [-0.15, -0.1) is 0 Å². The summed E-state index contributed by atoms with van der Waals surface area (Å²) >= 11 is 0. The Morgan fingerprint density at radius 3 is 1.82 bits per heavy atom. The SMILES string of the molecule is O=S(=O)(Nc1cc(F)cc(F)c1)c1ccc(C(F)(F)F)cc1. The van der Waals surface area contributed by atoms with Crippen LogP contribution in [0.4, 0.5) is 27.6 Å². The predicted octanol–water partition coefficient (Wildman–Crippen LogP) is 3.78. The highest BCUT2D eigenvalue weighted by molar-refractivity contribution is 7.92. The van der Waals surface area contributed by atoms with Crippen molar-refractivity contribution in [1.82, 2.24) is 0 Å². The van der Waals surface area contributed by atoms with Crippen molar-refractivity contribution in [2.45, 2.75) is 11.1 Å². The smallest absolute Gasteiger partial charge is 0.279 e. The van der Waals surface area contributed by atoms with Crippen molar-refractivity contribution in [3.8, 4) is 0 Å². The van der Waals surface area contributed by atoms with E-state index in [4.69, 9.17) is 0 Å². The van der Waals surface area contributed by atoms with Gasteiger partial charge in [-0.2, -0.15) is 13.2 Å². The molecular formula is C13H8F5NO2S. The minimum absolute atomic E-state index is 0.377. The zero-order chi connectivity index (χ0) is 16.5. The summed E-state index contributed by atoms with van der Waals surface area (Å²) in [5, 5.41) is 0. The summed E-state index contributed by atoms with van der Waals surface area (Å²) in [6.45, 7) is 0. The standard InChI is InChI=1S/C13H8F5NO2S/c14-9-5-10(15)7-11(6-9)19-22(20,21)12-3-1-8(2-4-12)13(16,17)18/h1-7,19H. The van der Waals surface area contributed by atoms with E-state index >= 15 is 0 Å². The zero-order valence-electron chi connectivity index (χ0n) is 10.7. The monoisotopic (exact) mass is 337 g/mol. The van der Waals surface area contributed by atoms with Crippen LogP contribution in [0.15, 0.2) is 47.4 Å². The fourth-order valence-electron chi connectivity index (χ4n) is 1.65. The largest absolute Gasteiger partial charge is 0.416 e. The number of halogens is 5. The van der Waals surface area contributed by atoms with E-state index < -0.39 is 38.3 Å². The normalized spacial score (nSPS) is 12.2. The first-order valence-corrected chi connectivity index (χ1v) is 7.22. The maximum atomic E-state index is 13.0. The van der Waals surface area contributed by atoms with E-state index in [9.17, 15) is 30.4 Å². The molecule has 0 saturated heterocycles. The molecule has 0 heterocycles. The van der Waals surface area contributed by atoms with Crippen LogP contribution in [-0.4, -0.2) is 8.42 Å². The van der Waals surface area contributed by atoms with Gasteiger partial charge in [0, 0.05) is 6.07 Å². The lowest BCUT2D eigenvalue weighted by molar-refractivity contribution is -0.137. The van der Waals surface area contributed by atoms with Crippen molar-refractivity contribution in [3.63, 3.8) is 0 Å². The lowest BCUT2D eigenvalue weighted by Crippen LogP contribution is -2.14. The second-order valence-corrected chi connectivity index (χ2v) is 5.97. The molecule has 9 heteroatoms. The van der Waals surface area contributed by atoms with E-state index in [-0.39, 0.29) is 5.69 Å². The fourth-order valence-corrected chi connectivity index (χ4v) is 2.69. The summed E-state index contributed by atoms with van der Waals surface area (Å²) in [7, 11) is -4.26. The number of nitrogens with one attached hydrogen (secondary N) is 1. The minimum atomic E-state index is -4.60. The van der Waals surface area contributed by atoms with Gasteiger partial charge in [-0.3, -0.25) is 4.72 Å². The fraction of sp³-hybridized carbons (Fsp3) is 0.0769. The minimum Gasteiger partial charge on any atom is -0.279 e. The van der Waals surface area contributed by atoms with Gasteiger partial charge in [-0.25, -0.2) is 17.2 Å². The second kappa shape index (κ2) is 5.56. The Kier molecular flexibility index (Phi) is 4.10. The quantitative estimate of drug-likeness (QED) is 0.867. The number of anilines is 1. The Morgan fingerprint density at radius 2 is 1.36 bits per heavy atom. The van der Waals surface area contributed by atoms with Crippen LogP contribution in [0.25, 0.3) is 0 Å². The molecule has 0 unspecified atom stereocenters. The molecule has 2 aromatic carbocycles. The summed E-state index contributed by atoms with van der Waals surface area (Å²) in [6, 6.07) is 4.73. The summed E-state index contributed by atoms with van der Waals surface area (Å²) in [5.74, 6) is -1.99. The van der Waals surface area contributed by atoms with Gasteiger partial charge < -0.3 is 0 Å². The number of alkyl halides is 3. The molecule has 0 amide bonds. The highest BCUT2D eigenvalue weighted by Gasteiger charge is 2.30. The van der Waals surface area contributed by atoms with Gasteiger partial charge >= 0.3 is 6.18 Å². The number of rotatable bonds is 3. The van der Waals surface area contributed by atoms with Crippen LogP contribution >= 0.6 is 0 Å². The molecule has 0 aliphatic heterocycles. The zero-order valence-corrected chi connectivity index (χ0v) is 11.5. The van der Waals surface area contributed by atoms with Gasteiger partial charge in [0.15, 0.2) is 0 Å². The van der Waals surface area contributed by atoms with Gasteiger partial charge in [0.2, 0.25) is 0 Å². The summed E-state index contributed by atoms with van der Waals surface area (Å²) in [6.07, 6.45) is -4.60. The molecule has 3 nitrogen and oxygen atoms in total. The summed E-state index contributed by atoms with van der Waals surface area (Å²) < 4.78 is 89.0. The highest BCUT2D eigenvalue weighted by Crippen LogP contribution is 2.30. The van der Waals surface area contributed by atoms with Gasteiger partial charge in [-0.05, 0) is 36.4 Å². The molecule has 2 aromatic rings. The number of hydrogen-bond donors (Lipinski definition) is 1. The van der Waals surface area contributed by atoms with Crippen LogP contribution in [0.5, 0.6) is 0 Å². The molecule has 0 bridgehead atoms. The lowest BCUT2D eigenvalue weighted by Gasteiger charge is -2.10. The molecule has 0 fully saturated rings. The maximum absolute atomic E-state index is 13.0. The third-order valence-corrected chi connectivity index (χ3v) is 4.00. The van der Waals surface area contributed by atoms with E-state index in [0.29, 0.717) is 18.2 Å². The summed E-state index contributed by atoms with van der Waals surface area (Å²) in [4.78, 5) is -0.467. The first kappa shape index (κ1) is 16.2. The number of sulfonamides is 1. The van der Waals surface area contributed by atoms with Crippen LogP contribution in [0.2, 0.25) is 0 Å². The average molecular weight is 337 g/mol. The Hall–Kier alpha value is -2.16. The van der Waals surface area contributed by atoms with Crippen LogP contribution < -0.4 is 4.72 Å². The van der Waals surface area contributed by atoms with Crippen molar-refractivity contribution < 1.29 is 30.4 Å². The molecule has 0 radical (unpaired) electrons. The van der Waals surface area contributed by atoms with Crippen molar-refractivity contribution in [2.75, 3.05) is 4.72 Å². The van der Waals surface area contributed by atoms with Crippen LogP contribution in [-0.2, 0) is 16.2 Å². The molecule has 0 saturated carbocycles. The van der Waals surface area contributed by atoms with Gasteiger partial charge in [0.05, 0.1) is 16.1 Å². The summed E-state index contributed by atoms with van der Waals surface area (Å²) in [5.41, 5.74) is -1.39. The second-order valence-electron chi connectivity index (χ2n) is 4.29. The van der Waals surface area contributed by atoms with Crippen molar-refractivity contribution in [2.24, 2.45) is 0 Å². The average Bonchev–Trinajstić information content (AvgIpc) is 2.36. The first-order chi connectivity index (χ1) is 10.1. The third-order valence-electron chi connectivity index (χ3n) is 2.61. The number of benzene rings is 2. The van der Waals surface area contributed by atoms with E-state index in [1.165, 1.54) is 0 Å². The molecule has 2 rings (SSSR count). The maximum Gasteiger partial charge on any atom is 0.416 e. The van der Waals surface area contributed by atoms with Crippen molar-refractivity contribution >= 4 is 15.7 Å². The van der Waals surface area contributed by atoms with Crippen molar-refractivity contribution in [1.29, 1.82) is 0 Å². The molecule has 22 heavy (non-hydrogen) atoms. The molecule has 0 aliphatic rings. The molecule has 1 N–H and O–H groups in total. The van der Waals surface area contributed by atoms with E-state index in [1.54, 1.807) is 0 Å². The van der Waals surface area contributed by atoms with Gasteiger partial charge in [-0.1, -0.05) is 0 Å². The molecule has 0 aromatic heterocycles. The Bertz CT molecular complexity index is 765. The molecule has 0 spiro atoms. The topological polar surface area (TPSA) is 46.2 Å². The third kappa shape index (κ3) is 3.73. The Balaban J connectivity index is 2.30. The van der Waals surface area contributed by atoms with Crippen LogP contribution in [0.3, 0.4) is 0 Å².